The Hall–Kier alpha value is -1.26. The van der Waals surface area contributed by atoms with Gasteiger partial charge >= 0.3 is 0 Å². The van der Waals surface area contributed by atoms with E-state index in [2.05, 4.69) is 4.98 Å². The fourth-order valence-electron chi connectivity index (χ4n) is 1.33. The maximum atomic E-state index is 13.0. The van der Waals surface area contributed by atoms with Crippen molar-refractivity contribution in [2.45, 2.75) is 13.5 Å². The van der Waals surface area contributed by atoms with Crippen molar-refractivity contribution in [1.82, 2.24) is 4.98 Å². The Morgan fingerprint density at radius 1 is 1.47 bits per heavy atom. The van der Waals surface area contributed by atoms with E-state index in [1.807, 2.05) is 6.92 Å². The second-order valence-electron chi connectivity index (χ2n) is 3.25. The third kappa shape index (κ3) is 2.06. The van der Waals surface area contributed by atoms with Crippen LogP contribution in [0.15, 0.2) is 24.4 Å². The maximum Gasteiger partial charge on any atom is 0.123 e. The molecule has 0 saturated heterocycles. The fraction of sp³-hybridized carbons (Fsp3) is 0.182. The lowest BCUT2D eigenvalue weighted by atomic mass is 10.1. The van der Waals surface area contributed by atoms with E-state index in [1.54, 1.807) is 12.3 Å². The van der Waals surface area contributed by atoms with E-state index in [0.717, 1.165) is 21.0 Å². The topological polar surface area (TPSA) is 33.1 Å². The first-order valence-corrected chi connectivity index (χ1v) is 5.34. The Bertz CT molecular complexity index is 481. The van der Waals surface area contributed by atoms with Crippen LogP contribution in [0.1, 0.15) is 10.4 Å². The van der Waals surface area contributed by atoms with Crippen LogP contribution in [-0.2, 0) is 6.61 Å². The Labute approximate surface area is 91.0 Å². The van der Waals surface area contributed by atoms with Gasteiger partial charge in [0.25, 0.3) is 0 Å². The smallest absolute Gasteiger partial charge is 0.123 e. The van der Waals surface area contributed by atoms with E-state index in [1.165, 1.54) is 23.5 Å². The largest absolute Gasteiger partial charge is 0.391 e. The van der Waals surface area contributed by atoms with Crippen molar-refractivity contribution < 1.29 is 9.50 Å². The summed E-state index contributed by atoms with van der Waals surface area (Å²) in [5.41, 5.74) is 1.77. The molecule has 0 unspecified atom stereocenters. The number of hydrogen-bond acceptors (Lipinski definition) is 3. The van der Waals surface area contributed by atoms with Gasteiger partial charge in [0.2, 0.25) is 0 Å². The van der Waals surface area contributed by atoms with Crippen LogP contribution in [0.4, 0.5) is 4.39 Å². The summed E-state index contributed by atoms with van der Waals surface area (Å²) in [6.45, 7) is 1.89. The molecule has 0 aliphatic rings. The Morgan fingerprint density at radius 3 is 2.93 bits per heavy atom. The molecule has 0 aliphatic heterocycles. The third-order valence-corrected chi connectivity index (χ3v) is 3.15. The van der Waals surface area contributed by atoms with Crippen LogP contribution in [0.25, 0.3) is 10.6 Å². The molecule has 0 saturated carbocycles. The molecule has 0 fully saturated rings. The molecule has 2 nitrogen and oxygen atoms in total. The van der Waals surface area contributed by atoms with Gasteiger partial charge in [-0.15, -0.1) is 11.3 Å². The lowest BCUT2D eigenvalue weighted by molar-refractivity contribution is 0.285. The molecule has 78 valence electrons. The highest BCUT2D eigenvalue weighted by atomic mass is 32.1. The molecular formula is C11H10FNOS. The minimum Gasteiger partial charge on any atom is -0.391 e. The molecule has 0 aliphatic carbocycles. The number of hydrogen-bond donors (Lipinski definition) is 1. The lowest BCUT2D eigenvalue weighted by Crippen LogP contribution is -1.83. The number of aliphatic hydroxyl groups excluding tert-OH is 1. The summed E-state index contributed by atoms with van der Waals surface area (Å²) in [5, 5.41) is 9.66. The molecule has 15 heavy (non-hydrogen) atoms. The van der Waals surface area contributed by atoms with Crippen molar-refractivity contribution in [3.05, 3.63) is 40.7 Å². The van der Waals surface area contributed by atoms with Crippen LogP contribution in [0.3, 0.4) is 0 Å². The van der Waals surface area contributed by atoms with Gasteiger partial charge in [0.1, 0.15) is 10.8 Å². The Balaban J connectivity index is 2.48. The van der Waals surface area contributed by atoms with Gasteiger partial charge in [-0.05, 0) is 24.6 Å². The van der Waals surface area contributed by atoms with Crippen molar-refractivity contribution in [1.29, 1.82) is 0 Å². The Kier molecular flexibility index (Phi) is 2.79. The van der Waals surface area contributed by atoms with Crippen LogP contribution in [0.5, 0.6) is 0 Å². The summed E-state index contributed by atoms with van der Waals surface area (Å²) >= 11 is 1.38. The second-order valence-corrected chi connectivity index (χ2v) is 4.36. The number of thiazole rings is 1. The van der Waals surface area contributed by atoms with E-state index in [0.29, 0.717) is 0 Å². The van der Waals surface area contributed by atoms with Gasteiger partial charge in [-0.25, -0.2) is 9.37 Å². The average molecular weight is 223 g/mol. The number of aliphatic hydroxyl groups is 1. The summed E-state index contributed by atoms with van der Waals surface area (Å²) in [6.07, 6.45) is 1.62. The zero-order valence-electron chi connectivity index (χ0n) is 8.20. The fourth-order valence-corrected chi connectivity index (χ4v) is 2.18. The number of nitrogens with zero attached hydrogens (tertiary/aromatic N) is 1. The van der Waals surface area contributed by atoms with Crippen LogP contribution >= 0.6 is 11.3 Å². The summed E-state index contributed by atoms with van der Waals surface area (Å²) < 4.78 is 13.0. The molecule has 2 rings (SSSR count). The van der Waals surface area contributed by atoms with Crippen molar-refractivity contribution in [3.63, 3.8) is 0 Å². The number of aryl methyl sites for hydroxylation is 1. The highest BCUT2D eigenvalue weighted by Crippen LogP contribution is 2.28. The molecule has 2 aromatic rings. The van der Waals surface area contributed by atoms with Gasteiger partial charge in [0, 0.05) is 11.8 Å². The van der Waals surface area contributed by atoms with E-state index in [4.69, 9.17) is 5.11 Å². The molecule has 4 heteroatoms. The van der Waals surface area contributed by atoms with Gasteiger partial charge in [-0.2, -0.15) is 0 Å². The zero-order valence-corrected chi connectivity index (χ0v) is 9.01. The van der Waals surface area contributed by atoms with Gasteiger partial charge in [0.05, 0.1) is 11.5 Å². The number of rotatable bonds is 2. The summed E-state index contributed by atoms with van der Waals surface area (Å²) in [4.78, 5) is 4.94. The van der Waals surface area contributed by atoms with Crippen molar-refractivity contribution in [3.8, 4) is 10.6 Å². The molecule has 1 heterocycles. The van der Waals surface area contributed by atoms with Crippen LogP contribution in [0.2, 0.25) is 0 Å². The highest BCUT2D eigenvalue weighted by Gasteiger charge is 2.07. The summed E-state index contributed by atoms with van der Waals surface area (Å²) in [7, 11) is 0. The standard InChI is InChI=1S/C11H10FNOS/c1-7-2-3-8(12)4-10(7)11-13-5-9(6-14)15-11/h2-5,14H,6H2,1H3. The van der Waals surface area contributed by atoms with Gasteiger partial charge < -0.3 is 5.11 Å². The van der Waals surface area contributed by atoms with Crippen LogP contribution in [-0.4, -0.2) is 10.1 Å². The van der Waals surface area contributed by atoms with Gasteiger partial charge in [0.15, 0.2) is 0 Å². The minimum absolute atomic E-state index is 0.0218. The first kappa shape index (κ1) is 10.3. The Morgan fingerprint density at radius 2 is 2.27 bits per heavy atom. The molecule has 1 aromatic heterocycles. The monoisotopic (exact) mass is 223 g/mol. The van der Waals surface area contributed by atoms with E-state index < -0.39 is 0 Å². The van der Waals surface area contributed by atoms with Crippen molar-refractivity contribution in [2.24, 2.45) is 0 Å². The van der Waals surface area contributed by atoms with Crippen LogP contribution in [0, 0.1) is 12.7 Å². The summed E-state index contributed by atoms with van der Waals surface area (Å²) in [5.74, 6) is -0.267. The molecule has 0 spiro atoms. The van der Waals surface area contributed by atoms with E-state index >= 15 is 0 Å². The maximum absolute atomic E-state index is 13.0. The SMILES string of the molecule is Cc1ccc(F)cc1-c1ncc(CO)s1. The molecule has 0 bridgehead atoms. The molecule has 0 atom stereocenters. The van der Waals surface area contributed by atoms with Crippen LogP contribution < -0.4 is 0 Å². The number of aromatic nitrogens is 1. The lowest BCUT2D eigenvalue weighted by Gasteiger charge is -2.01. The quantitative estimate of drug-likeness (QED) is 0.849. The molecule has 0 amide bonds. The molecular weight excluding hydrogens is 213 g/mol. The predicted molar refractivity (Wildman–Crippen MR) is 58.2 cm³/mol. The van der Waals surface area contributed by atoms with E-state index in [9.17, 15) is 4.39 Å². The van der Waals surface area contributed by atoms with Gasteiger partial charge in [-0.1, -0.05) is 6.07 Å². The number of benzene rings is 1. The molecule has 0 radical (unpaired) electrons. The molecule has 1 aromatic carbocycles. The summed E-state index contributed by atoms with van der Waals surface area (Å²) in [6, 6.07) is 4.62. The predicted octanol–water partition coefficient (Wildman–Crippen LogP) is 2.75. The van der Waals surface area contributed by atoms with E-state index in [-0.39, 0.29) is 12.4 Å². The van der Waals surface area contributed by atoms with Crippen molar-refractivity contribution >= 4 is 11.3 Å². The minimum atomic E-state index is -0.267. The third-order valence-electron chi connectivity index (χ3n) is 2.14. The van der Waals surface area contributed by atoms with Crippen molar-refractivity contribution in [2.75, 3.05) is 0 Å². The second kappa shape index (κ2) is 4.08. The molecule has 1 N–H and O–H groups in total. The first-order chi connectivity index (χ1) is 7.20. The highest BCUT2D eigenvalue weighted by molar-refractivity contribution is 7.15. The number of halogens is 1. The van der Waals surface area contributed by atoms with Gasteiger partial charge in [-0.3, -0.25) is 0 Å². The first-order valence-electron chi connectivity index (χ1n) is 4.53. The average Bonchev–Trinajstić information content (AvgIpc) is 2.70. The zero-order chi connectivity index (χ0) is 10.8. The normalized spacial score (nSPS) is 10.6.